The predicted octanol–water partition coefficient (Wildman–Crippen LogP) is 5.19. The number of nitrogen functional groups attached to an aromatic ring is 1. The third-order valence-corrected chi connectivity index (χ3v) is 4.61. The van der Waals surface area contributed by atoms with E-state index in [-0.39, 0.29) is 11.4 Å². The van der Waals surface area contributed by atoms with Crippen LogP contribution in [-0.2, 0) is 0 Å². The molecule has 0 aliphatic heterocycles. The number of pyridine rings is 1. The third kappa shape index (κ3) is 3.63. The minimum Gasteiger partial charge on any atom is -0.493 e. The first-order valence-corrected chi connectivity index (χ1v) is 8.62. The fraction of sp³-hybridized carbons (Fsp3) is 0.100. The van der Waals surface area contributed by atoms with Crippen molar-refractivity contribution in [3.63, 3.8) is 0 Å². The number of anilines is 1. The van der Waals surface area contributed by atoms with Crippen LogP contribution in [0.3, 0.4) is 0 Å². The van der Waals surface area contributed by atoms with Crippen LogP contribution in [0.25, 0.3) is 22.4 Å². The molecule has 1 heterocycles. The van der Waals surface area contributed by atoms with Gasteiger partial charge >= 0.3 is 0 Å². The molecule has 3 rings (SSSR count). The Morgan fingerprint density at radius 2 is 1.70 bits per heavy atom. The molecule has 5 nitrogen and oxygen atoms in total. The van der Waals surface area contributed by atoms with Crippen molar-refractivity contribution in [1.29, 1.82) is 5.26 Å². The lowest BCUT2D eigenvalue weighted by Crippen LogP contribution is -2.00. The van der Waals surface area contributed by atoms with Gasteiger partial charge < -0.3 is 15.2 Å². The zero-order chi connectivity index (χ0) is 19.6. The molecule has 0 saturated heterocycles. The van der Waals surface area contributed by atoms with Crippen molar-refractivity contribution in [1.82, 2.24) is 4.98 Å². The van der Waals surface area contributed by atoms with Gasteiger partial charge in [0, 0.05) is 26.7 Å². The van der Waals surface area contributed by atoms with Gasteiger partial charge in [0.05, 0.1) is 19.9 Å². The number of hydrogen-bond acceptors (Lipinski definition) is 5. The first-order valence-electron chi connectivity index (χ1n) is 7.87. The Labute approximate surface area is 166 Å². The number of nitrogens with zero attached hydrogens (tertiary/aromatic N) is 2. The molecule has 0 amide bonds. The summed E-state index contributed by atoms with van der Waals surface area (Å²) in [4.78, 5) is 4.37. The van der Waals surface area contributed by atoms with Crippen LogP contribution in [0, 0.1) is 11.3 Å². The number of hydrogen-bond donors (Lipinski definition) is 1. The van der Waals surface area contributed by atoms with Crippen LogP contribution in [0.2, 0.25) is 10.0 Å². The molecule has 2 aromatic carbocycles. The van der Waals surface area contributed by atoms with Gasteiger partial charge in [0.25, 0.3) is 0 Å². The number of ether oxygens (including phenoxy) is 2. The van der Waals surface area contributed by atoms with Gasteiger partial charge in [-0.05, 0) is 36.4 Å². The summed E-state index contributed by atoms with van der Waals surface area (Å²) in [6, 6.07) is 14.3. The largest absolute Gasteiger partial charge is 0.493 e. The van der Waals surface area contributed by atoms with E-state index < -0.39 is 0 Å². The van der Waals surface area contributed by atoms with Gasteiger partial charge in [-0.1, -0.05) is 29.3 Å². The van der Waals surface area contributed by atoms with Gasteiger partial charge in [-0.15, -0.1) is 0 Å². The summed E-state index contributed by atoms with van der Waals surface area (Å²) >= 11 is 12.3. The molecule has 0 spiro atoms. The number of halogens is 2. The Kier molecular flexibility index (Phi) is 5.41. The highest BCUT2D eigenvalue weighted by molar-refractivity contribution is 6.36. The average molecular weight is 400 g/mol. The minimum absolute atomic E-state index is 0.116. The Bertz CT molecular complexity index is 1060. The maximum atomic E-state index is 9.54. The molecular weight excluding hydrogens is 385 g/mol. The standard InChI is InChI=1S/C20H15Cl2N3O2/c1-26-18-6-3-11(7-19(18)27-2)17-9-14(15(10-23)20(24)25-17)13-5-4-12(21)8-16(13)22/h3-9H,1-2H3,(H2,24,25). The van der Waals surface area contributed by atoms with Crippen molar-refractivity contribution in [2.45, 2.75) is 0 Å². The van der Waals surface area contributed by atoms with Crippen LogP contribution in [0.1, 0.15) is 5.56 Å². The second-order valence-electron chi connectivity index (χ2n) is 5.62. The molecule has 0 atom stereocenters. The highest BCUT2D eigenvalue weighted by Gasteiger charge is 2.17. The Morgan fingerprint density at radius 1 is 0.963 bits per heavy atom. The van der Waals surface area contributed by atoms with Gasteiger partial charge in [-0.3, -0.25) is 0 Å². The predicted molar refractivity (Wildman–Crippen MR) is 107 cm³/mol. The van der Waals surface area contributed by atoms with Crippen LogP contribution in [0.4, 0.5) is 5.82 Å². The Morgan fingerprint density at radius 3 is 2.33 bits per heavy atom. The van der Waals surface area contributed by atoms with Crippen LogP contribution >= 0.6 is 23.2 Å². The van der Waals surface area contributed by atoms with E-state index >= 15 is 0 Å². The van der Waals surface area contributed by atoms with Crippen molar-refractivity contribution in [2.75, 3.05) is 20.0 Å². The summed E-state index contributed by atoms with van der Waals surface area (Å²) in [6.07, 6.45) is 0. The lowest BCUT2D eigenvalue weighted by Gasteiger charge is -2.13. The van der Waals surface area contributed by atoms with Gasteiger partial charge in [0.15, 0.2) is 11.5 Å². The van der Waals surface area contributed by atoms with E-state index in [1.165, 1.54) is 0 Å². The molecule has 0 radical (unpaired) electrons. The normalized spacial score (nSPS) is 10.3. The van der Waals surface area contributed by atoms with Gasteiger partial charge in [0.1, 0.15) is 17.5 Å². The lowest BCUT2D eigenvalue weighted by atomic mass is 9.98. The SMILES string of the molecule is COc1ccc(-c2cc(-c3ccc(Cl)cc3Cl)c(C#N)c(N)n2)cc1OC. The van der Waals surface area contributed by atoms with E-state index in [0.29, 0.717) is 38.4 Å². The zero-order valence-corrected chi connectivity index (χ0v) is 16.1. The fourth-order valence-corrected chi connectivity index (χ4v) is 3.26. The first kappa shape index (κ1) is 18.8. The van der Waals surface area contributed by atoms with Crippen LogP contribution in [-0.4, -0.2) is 19.2 Å². The van der Waals surface area contributed by atoms with Crippen molar-refractivity contribution in [3.05, 3.63) is 58.1 Å². The number of nitriles is 1. The number of aromatic nitrogens is 1. The molecule has 136 valence electrons. The van der Waals surface area contributed by atoms with Gasteiger partial charge in [-0.25, -0.2) is 4.98 Å². The van der Waals surface area contributed by atoms with E-state index in [4.69, 9.17) is 38.4 Å². The van der Waals surface area contributed by atoms with Gasteiger partial charge in [0.2, 0.25) is 0 Å². The number of methoxy groups -OCH3 is 2. The third-order valence-electron chi connectivity index (χ3n) is 4.06. The molecule has 0 saturated carbocycles. The number of rotatable bonds is 4. The molecular formula is C20H15Cl2N3O2. The van der Waals surface area contributed by atoms with E-state index in [2.05, 4.69) is 11.1 Å². The summed E-state index contributed by atoms with van der Waals surface area (Å²) in [7, 11) is 3.12. The Hall–Kier alpha value is -2.94. The summed E-state index contributed by atoms with van der Waals surface area (Å²) in [5.74, 6) is 1.28. The lowest BCUT2D eigenvalue weighted by molar-refractivity contribution is 0.355. The van der Waals surface area contributed by atoms with E-state index in [9.17, 15) is 5.26 Å². The van der Waals surface area contributed by atoms with Crippen molar-refractivity contribution >= 4 is 29.0 Å². The molecule has 3 aromatic rings. The van der Waals surface area contributed by atoms with Crippen molar-refractivity contribution < 1.29 is 9.47 Å². The molecule has 0 fully saturated rings. The van der Waals surface area contributed by atoms with Crippen molar-refractivity contribution in [2.24, 2.45) is 0 Å². The summed E-state index contributed by atoms with van der Waals surface area (Å²) in [6.45, 7) is 0. The summed E-state index contributed by atoms with van der Waals surface area (Å²) in [5.41, 5.74) is 8.87. The monoisotopic (exact) mass is 399 g/mol. The summed E-state index contributed by atoms with van der Waals surface area (Å²) < 4.78 is 10.6. The Balaban J connectivity index is 2.23. The maximum Gasteiger partial charge on any atom is 0.161 e. The maximum absolute atomic E-state index is 9.54. The topological polar surface area (TPSA) is 81.2 Å². The smallest absolute Gasteiger partial charge is 0.161 e. The highest BCUT2D eigenvalue weighted by Crippen LogP contribution is 2.38. The number of benzene rings is 2. The molecule has 2 N–H and O–H groups in total. The van der Waals surface area contributed by atoms with E-state index in [0.717, 1.165) is 5.56 Å². The van der Waals surface area contributed by atoms with E-state index in [1.807, 2.05) is 6.07 Å². The second-order valence-corrected chi connectivity index (χ2v) is 6.46. The molecule has 7 heteroatoms. The quantitative estimate of drug-likeness (QED) is 0.652. The average Bonchev–Trinajstić information content (AvgIpc) is 2.66. The first-order chi connectivity index (χ1) is 13.0. The van der Waals surface area contributed by atoms with Crippen LogP contribution < -0.4 is 15.2 Å². The molecule has 0 aliphatic carbocycles. The van der Waals surface area contributed by atoms with Crippen LogP contribution in [0.5, 0.6) is 11.5 Å². The molecule has 27 heavy (non-hydrogen) atoms. The van der Waals surface area contributed by atoms with Crippen LogP contribution in [0.15, 0.2) is 42.5 Å². The minimum atomic E-state index is 0.116. The highest BCUT2D eigenvalue weighted by atomic mass is 35.5. The molecule has 0 unspecified atom stereocenters. The zero-order valence-electron chi connectivity index (χ0n) is 14.6. The second kappa shape index (κ2) is 7.75. The fourth-order valence-electron chi connectivity index (χ4n) is 2.75. The molecule has 1 aromatic heterocycles. The molecule has 0 bridgehead atoms. The summed E-state index contributed by atoms with van der Waals surface area (Å²) in [5, 5.41) is 10.5. The van der Waals surface area contributed by atoms with Crippen molar-refractivity contribution in [3.8, 4) is 40.0 Å². The number of nitrogens with two attached hydrogens (primary N) is 1. The van der Waals surface area contributed by atoms with E-state index in [1.54, 1.807) is 50.6 Å². The molecule has 0 aliphatic rings. The van der Waals surface area contributed by atoms with Gasteiger partial charge in [-0.2, -0.15) is 5.26 Å².